The Hall–Kier alpha value is -3.09. The summed E-state index contributed by atoms with van der Waals surface area (Å²) in [5.74, 6) is -0.0887. The number of halogens is 2. The molecule has 0 unspecified atom stereocenters. The molecular formula is C21H16Cl2N4O2. The predicted octanol–water partition coefficient (Wildman–Crippen LogP) is 4.30. The first-order valence-corrected chi connectivity index (χ1v) is 9.55. The number of hydrogen-bond donors (Lipinski definition) is 1. The Bertz CT molecular complexity index is 1100. The largest absolute Gasteiger partial charge is 0.309 e. The Labute approximate surface area is 177 Å². The number of rotatable bonds is 5. The molecule has 146 valence electrons. The van der Waals surface area contributed by atoms with Crippen molar-refractivity contribution in [2.75, 3.05) is 11.9 Å². The van der Waals surface area contributed by atoms with E-state index in [0.717, 1.165) is 11.1 Å². The van der Waals surface area contributed by atoms with Crippen LogP contribution in [0.4, 0.5) is 5.82 Å². The van der Waals surface area contributed by atoms with Gasteiger partial charge < -0.3 is 5.32 Å². The van der Waals surface area contributed by atoms with Crippen LogP contribution in [0, 0.1) is 0 Å². The molecule has 0 radical (unpaired) electrons. The summed E-state index contributed by atoms with van der Waals surface area (Å²) in [6, 6.07) is 14.0. The third kappa shape index (κ3) is 3.77. The van der Waals surface area contributed by atoms with E-state index in [4.69, 9.17) is 23.2 Å². The number of carbonyl (C=O) groups is 2. The third-order valence-corrected chi connectivity index (χ3v) is 5.25. The number of carbonyl (C=O) groups excluding carboxylic acids is 2. The van der Waals surface area contributed by atoms with E-state index in [1.54, 1.807) is 41.2 Å². The first-order chi connectivity index (χ1) is 13.9. The minimum atomic E-state index is -0.351. The van der Waals surface area contributed by atoms with Gasteiger partial charge in [-0.25, -0.2) is 4.68 Å². The van der Waals surface area contributed by atoms with Gasteiger partial charge in [-0.1, -0.05) is 54.0 Å². The van der Waals surface area contributed by atoms with Gasteiger partial charge in [0.2, 0.25) is 5.91 Å². The van der Waals surface area contributed by atoms with Gasteiger partial charge in [0, 0.05) is 32.9 Å². The molecule has 2 amide bonds. The quantitative estimate of drug-likeness (QED) is 0.660. The van der Waals surface area contributed by atoms with E-state index in [9.17, 15) is 9.59 Å². The molecule has 2 aromatic carbocycles. The highest BCUT2D eigenvalue weighted by Crippen LogP contribution is 2.31. The van der Waals surface area contributed by atoms with Crippen molar-refractivity contribution in [2.45, 2.75) is 6.54 Å². The summed E-state index contributed by atoms with van der Waals surface area (Å²) in [7, 11) is 0. The summed E-state index contributed by atoms with van der Waals surface area (Å²) >= 11 is 12.2. The van der Waals surface area contributed by atoms with Gasteiger partial charge in [-0.3, -0.25) is 14.5 Å². The monoisotopic (exact) mass is 426 g/mol. The minimum absolute atomic E-state index is 0.140. The minimum Gasteiger partial charge on any atom is -0.309 e. The SMILES string of the molecule is C=C1c2ccccc2C(=O)N1CC(=O)Nc1ccnn1Cc1ccc(Cl)cc1Cl. The molecule has 2 heterocycles. The molecule has 4 rings (SSSR count). The molecule has 0 bridgehead atoms. The fourth-order valence-corrected chi connectivity index (χ4v) is 3.67. The van der Waals surface area contributed by atoms with Gasteiger partial charge in [0.25, 0.3) is 5.91 Å². The molecule has 6 nitrogen and oxygen atoms in total. The lowest BCUT2D eigenvalue weighted by molar-refractivity contribution is -0.116. The molecule has 0 aliphatic carbocycles. The van der Waals surface area contributed by atoms with E-state index >= 15 is 0 Å². The molecule has 0 fully saturated rings. The normalized spacial score (nSPS) is 13.0. The molecular weight excluding hydrogens is 411 g/mol. The molecule has 0 saturated carbocycles. The van der Waals surface area contributed by atoms with Gasteiger partial charge in [0.15, 0.2) is 0 Å². The van der Waals surface area contributed by atoms with Crippen LogP contribution in [0.1, 0.15) is 21.5 Å². The maximum absolute atomic E-state index is 12.6. The average molecular weight is 427 g/mol. The molecule has 1 aliphatic rings. The molecule has 1 N–H and O–H groups in total. The average Bonchev–Trinajstić information content (AvgIpc) is 3.22. The molecule has 3 aromatic rings. The Morgan fingerprint density at radius 2 is 1.86 bits per heavy atom. The molecule has 0 saturated heterocycles. The van der Waals surface area contributed by atoms with Gasteiger partial charge in [0.1, 0.15) is 12.4 Å². The maximum Gasteiger partial charge on any atom is 0.259 e. The highest BCUT2D eigenvalue weighted by molar-refractivity contribution is 6.35. The number of benzene rings is 2. The third-order valence-electron chi connectivity index (χ3n) is 4.66. The zero-order valence-electron chi connectivity index (χ0n) is 15.2. The van der Waals surface area contributed by atoms with Gasteiger partial charge in [-0.05, 0) is 23.8 Å². The van der Waals surface area contributed by atoms with Crippen LogP contribution in [0.25, 0.3) is 5.70 Å². The lowest BCUT2D eigenvalue weighted by Crippen LogP contribution is -2.33. The van der Waals surface area contributed by atoms with Crippen LogP contribution in [-0.2, 0) is 11.3 Å². The number of nitrogens with one attached hydrogen (secondary N) is 1. The number of nitrogens with zero attached hydrogens (tertiary/aromatic N) is 3. The lowest BCUT2D eigenvalue weighted by atomic mass is 10.1. The first kappa shape index (κ1) is 19.2. The van der Waals surface area contributed by atoms with E-state index in [0.29, 0.717) is 33.7 Å². The fraction of sp³-hybridized carbons (Fsp3) is 0.0952. The number of amides is 2. The van der Waals surface area contributed by atoms with E-state index in [-0.39, 0.29) is 18.4 Å². The van der Waals surface area contributed by atoms with Gasteiger partial charge >= 0.3 is 0 Å². The number of fused-ring (bicyclic) bond motifs is 1. The van der Waals surface area contributed by atoms with E-state index in [1.807, 2.05) is 18.2 Å². The van der Waals surface area contributed by atoms with Crippen LogP contribution in [0.5, 0.6) is 0 Å². The molecule has 0 spiro atoms. The Morgan fingerprint density at radius 3 is 2.59 bits per heavy atom. The van der Waals surface area contributed by atoms with E-state index in [1.165, 1.54) is 4.90 Å². The second-order valence-corrected chi connectivity index (χ2v) is 7.39. The van der Waals surface area contributed by atoms with Crippen molar-refractivity contribution in [2.24, 2.45) is 0 Å². The van der Waals surface area contributed by atoms with Crippen molar-refractivity contribution in [3.63, 3.8) is 0 Å². The van der Waals surface area contributed by atoms with Crippen molar-refractivity contribution < 1.29 is 9.59 Å². The van der Waals surface area contributed by atoms with Gasteiger partial charge in [-0.2, -0.15) is 5.10 Å². The van der Waals surface area contributed by atoms with Gasteiger partial charge in [0.05, 0.1) is 12.7 Å². The van der Waals surface area contributed by atoms with E-state index < -0.39 is 0 Å². The Morgan fingerprint density at radius 1 is 1.10 bits per heavy atom. The first-order valence-electron chi connectivity index (χ1n) is 8.80. The predicted molar refractivity (Wildman–Crippen MR) is 113 cm³/mol. The molecule has 1 aromatic heterocycles. The zero-order chi connectivity index (χ0) is 20.5. The fourth-order valence-electron chi connectivity index (χ4n) is 3.20. The topological polar surface area (TPSA) is 67.2 Å². The van der Waals surface area contributed by atoms with Crippen LogP contribution < -0.4 is 5.32 Å². The number of hydrogen-bond acceptors (Lipinski definition) is 3. The second-order valence-electron chi connectivity index (χ2n) is 6.54. The summed E-state index contributed by atoms with van der Waals surface area (Å²) in [5.41, 5.74) is 2.62. The van der Waals surface area contributed by atoms with Crippen molar-refractivity contribution in [1.82, 2.24) is 14.7 Å². The van der Waals surface area contributed by atoms with Crippen molar-refractivity contribution >= 4 is 46.5 Å². The van der Waals surface area contributed by atoms with Crippen molar-refractivity contribution in [3.8, 4) is 0 Å². The summed E-state index contributed by atoms with van der Waals surface area (Å²) in [4.78, 5) is 26.5. The van der Waals surface area contributed by atoms with E-state index in [2.05, 4.69) is 17.0 Å². The summed E-state index contributed by atoms with van der Waals surface area (Å²) < 4.78 is 1.61. The highest BCUT2D eigenvalue weighted by Gasteiger charge is 2.32. The molecule has 1 aliphatic heterocycles. The second kappa shape index (κ2) is 7.73. The summed E-state index contributed by atoms with van der Waals surface area (Å²) in [6.45, 7) is 4.17. The molecule has 8 heteroatoms. The lowest BCUT2D eigenvalue weighted by Gasteiger charge is -2.17. The summed E-state index contributed by atoms with van der Waals surface area (Å²) in [5, 5.41) is 8.09. The molecule has 0 atom stereocenters. The van der Waals surface area contributed by atoms with Crippen LogP contribution >= 0.6 is 23.2 Å². The van der Waals surface area contributed by atoms with Crippen LogP contribution in [0.3, 0.4) is 0 Å². The van der Waals surface area contributed by atoms with Crippen LogP contribution in [-0.4, -0.2) is 33.0 Å². The number of aromatic nitrogens is 2. The Balaban J connectivity index is 1.46. The smallest absolute Gasteiger partial charge is 0.259 e. The van der Waals surface area contributed by atoms with Crippen molar-refractivity contribution in [3.05, 3.63) is 88.0 Å². The zero-order valence-corrected chi connectivity index (χ0v) is 16.7. The van der Waals surface area contributed by atoms with Crippen LogP contribution in [0.15, 0.2) is 61.3 Å². The number of anilines is 1. The standard InChI is InChI=1S/C21H16Cl2N4O2/c1-13-16-4-2-3-5-17(16)21(29)26(13)12-20(28)25-19-8-9-24-27(19)11-14-6-7-15(22)10-18(14)23/h2-10H,1,11-12H2,(H,25,28). The summed E-state index contributed by atoms with van der Waals surface area (Å²) in [6.07, 6.45) is 1.58. The van der Waals surface area contributed by atoms with Gasteiger partial charge in [-0.15, -0.1) is 0 Å². The van der Waals surface area contributed by atoms with Crippen LogP contribution in [0.2, 0.25) is 10.0 Å². The highest BCUT2D eigenvalue weighted by atomic mass is 35.5. The Kier molecular flexibility index (Phi) is 5.13. The molecule has 29 heavy (non-hydrogen) atoms. The maximum atomic E-state index is 12.6. The van der Waals surface area contributed by atoms with Crippen molar-refractivity contribution in [1.29, 1.82) is 0 Å².